The van der Waals surface area contributed by atoms with Gasteiger partial charge in [0.2, 0.25) is 0 Å². The Kier molecular flexibility index (Phi) is 9.08. The van der Waals surface area contributed by atoms with Crippen molar-refractivity contribution in [3.05, 3.63) is 95.3 Å². The van der Waals surface area contributed by atoms with Crippen LogP contribution in [0.1, 0.15) is 11.1 Å². The quantitative estimate of drug-likeness (QED) is 0.107. The lowest BCUT2D eigenvalue weighted by Crippen LogP contribution is -2.39. The highest BCUT2D eigenvalue weighted by Crippen LogP contribution is 2.33. The zero-order chi connectivity index (χ0) is 32.2. The van der Waals surface area contributed by atoms with Gasteiger partial charge in [0.1, 0.15) is 17.8 Å². The summed E-state index contributed by atoms with van der Waals surface area (Å²) in [5.41, 5.74) is 1.93. The second-order valence-corrected chi connectivity index (χ2v) is 10.7. The monoisotopic (exact) mass is 634 g/mol. The summed E-state index contributed by atoms with van der Waals surface area (Å²) in [5.74, 6) is -6.62. The van der Waals surface area contributed by atoms with E-state index in [1.165, 1.54) is 6.33 Å². The van der Waals surface area contributed by atoms with Crippen LogP contribution in [0.25, 0.3) is 22.3 Å². The molecule has 0 spiro atoms. The van der Waals surface area contributed by atoms with Crippen LogP contribution < -0.4 is 16.0 Å². The minimum atomic E-state index is -2.01. The van der Waals surface area contributed by atoms with E-state index in [4.69, 9.17) is 9.84 Å². The second kappa shape index (κ2) is 13.5. The molecule has 0 radical (unpaired) electrons. The number of hydrogen-bond donors (Lipinski definition) is 3. The van der Waals surface area contributed by atoms with E-state index in [1.807, 2.05) is 35.0 Å². The SMILES string of the molecule is Cc1c(F)c(F)c(F)c(F)c1NC(=O)Nc1ccc(-c2nn(Cc3ccccc3)c3ncnc(NCCN4CCOCC4)c23)cc1. The number of rotatable bonds is 9. The van der Waals surface area contributed by atoms with Crippen molar-refractivity contribution in [2.45, 2.75) is 13.5 Å². The minimum Gasteiger partial charge on any atom is -0.379 e. The van der Waals surface area contributed by atoms with E-state index in [-0.39, 0.29) is 0 Å². The maximum absolute atomic E-state index is 14.3. The Labute approximate surface area is 261 Å². The van der Waals surface area contributed by atoms with Crippen molar-refractivity contribution in [2.75, 3.05) is 55.3 Å². The number of morpholine rings is 1. The van der Waals surface area contributed by atoms with Crippen molar-refractivity contribution < 1.29 is 27.1 Å². The molecule has 0 unspecified atom stereocenters. The van der Waals surface area contributed by atoms with Crippen LogP contribution in [0.5, 0.6) is 0 Å². The summed E-state index contributed by atoms with van der Waals surface area (Å²) < 4.78 is 62.7. The lowest BCUT2D eigenvalue weighted by molar-refractivity contribution is 0.0398. The molecule has 1 aliphatic rings. The number of nitrogens with one attached hydrogen (secondary N) is 3. The van der Waals surface area contributed by atoms with Gasteiger partial charge in [-0.2, -0.15) is 5.10 Å². The molecule has 10 nitrogen and oxygen atoms in total. The highest BCUT2D eigenvalue weighted by atomic mass is 19.2. The molecule has 1 fully saturated rings. The zero-order valence-electron chi connectivity index (χ0n) is 24.8. The predicted molar refractivity (Wildman–Crippen MR) is 166 cm³/mol. The zero-order valence-corrected chi connectivity index (χ0v) is 24.8. The molecule has 3 aromatic carbocycles. The van der Waals surface area contributed by atoms with Crippen molar-refractivity contribution in [1.82, 2.24) is 24.6 Å². The lowest BCUT2D eigenvalue weighted by Gasteiger charge is -2.26. The van der Waals surface area contributed by atoms with Crippen LogP contribution >= 0.6 is 0 Å². The number of ether oxygens (including phenoxy) is 1. The van der Waals surface area contributed by atoms with E-state index in [1.54, 1.807) is 24.3 Å². The molecular weight excluding hydrogens is 604 g/mol. The van der Waals surface area contributed by atoms with Gasteiger partial charge in [0, 0.05) is 43.0 Å². The number of anilines is 3. The van der Waals surface area contributed by atoms with E-state index in [0.29, 0.717) is 54.7 Å². The number of hydrogen-bond acceptors (Lipinski definition) is 7. The van der Waals surface area contributed by atoms with E-state index < -0.39 is 40.6 Å². The first kappa shape index (κ1) is 30.9. The summed E-state index contributed by atoms with van der Waals surface area (Å²) >= 11 is 0. The molecule has 0 atom stereocenters. The van der Waals surface area contributed by atoms with Crippen LogP contribution in [0, 0.1) is 30.2 Å². The molecule has 0 aliphatic carbocycles. The van der Waals surface area contributed by atoms with Gasteiger partial charge < -0.3 is 20.7 Å². The highest BCUT2D eigenvalue weighted by molar-refractivity contribution is 6.01. The average molecular weight is 635 g/mol. The predicted octanol–water partition coefficient (Wildman–Crippen LogP) is 5.79. The summed E-state index contributed by atoms with van der Waals surface area (Å²) in [5, 5.41) is 13.6. The van der Waals surface area contributed by atoms with Crippen LogP contribution in [0.15, 0.2) is 60.9 Å². The van der Waals surface area contributed by atoms with Gasteiger partial charge in [0.25, 0.3) is 0 Å². The Morgan fingerprint density at radius 2 is 1.61 bits per heavy atom. The number of carbonyl (C=O) groups is 1. The molecule has 238 valence electrons. The first-order valence-electron chi connectivity index (χ1n) is 14.6. The van der Waals surface area contributed by atoms with E-state index in [9.17, 15) is 22.4 Å². The van der Waals surface area contributed by atoms with Crippen molar-refractivity contribution in [3.8, 4) is 11.3 Å². The third-order valence-electron chi connectivity index (χ3n) is 7.69. The van der Waals surface area contributed by atoms with Gasteiger partial charge in [-0.15, -0.1) is 0 Å². The minimum absolute atomic E-state index is 0.301. The number of benzene rings is 3. The normalized spacial score (nSPS) is 13.6. The second-order valence-electron chi connectivity index (χ2n) is 10.7. The summed E-state index contributed by atoms with van der Waals surface area (Å²) in [6, 6.07) is 15.5. The molecule has 0 saturated carbocycles. The van der Waals surface area contributed by atoms with Crippen LogP contribution in [-0.4, -0.2) is 70.1 Å². The van der Waals surface area contributed by atoms with E-state index in [2.05, 4.69) is 30.8 Å². The summed E-state index contributed by atoms with van der Waals surface area (Å²) in [6.45, 7) is 6.11. The molecule has 6 rings (SSSR count). The largest absolute Gasteiger partial charge is 0.379 e. The van der Waals surface area contributed by atoms with Crippen molar-refractivity contribution >= 4 is 34.3 Å². The fourth-order valence-electron chi connectivity index (χ4n) is 5.25. The van der Waals surface area contributed by atoms with Gasteiger partial charge >= 0.3 is 6.03 Å². The molecule has 0 bridgehead atoms. The molecule has 2 amide bonds. The van der Waals surface area contributed by atoms with Crippen LogP contribution in [0.4, 0.5) is 39.5 Å². The molecule has 46 heavy (non-hydrogen) atoms. The third-order valence-corrected chi connectivity index (χ3v) is 7.69. The smallest absolute Gasteiger partial charge is 0.323 e. The third kappa shape index (κ3) is 6.48. The number of carbonyl (C=O) groups excluding carboxylic acids is 1. The number of halogens is 4. The topological polar surface area (TPSA) is 109 Å². The van der Waals surface area contributed by atoms with Gasteiger partial charge in [-0.25, -0.2) is 37.0 Å². The molecule has 2 aromatic heterocycles. The standard InChI is InChI=1S/C32H30F4N8O2/c1-19-24(33)25(34)26(35)27(36)28(19)41-32(45)40-22-9-7-21(8-10-22)29-23-30(37-11-12-43-13-15-46-16-14-43)38-18-39-31(23)44(42-29)17-20-5-3-2-4-6-20/h2-10,18H,11-17H2,1H3,(H,37,38,39)(H2,40,41,45). The van der Waals surface area contributed by atoms with E-state index >= 15 is 0 Å². The van der Waals surface area contributed by atoms with E-state index in [0.717, 1.165) is 37.5 Å². The molecule has 14 heteroatoms. The molecule has 3 heterocycles. The Morgan fingerprint density at radius 1 is 0.891 bits per heavy atom. The fraction of sp³-hybridized carbons (Fsp3) is 0.250. The van der Waals surface area contributed by atoms with Crippen LogP contribution in [-0.2, 0) is 11.3 Å². The Bertz CT molecular complexity index is 1830. The van der Waals surface area contributed by atoms with Crippen molar-refractivity contribution in [1.29, 1.82) is 0 Å². The molecule has 5 aromatic rings. The maximum Gasteiger partial charge on any atom is 0.323 e. The van der Waals surface area contributed by atoms with Gasteiger partial charge in [0.15, 0.2) is 28.9 Å². The summed E-state index contributed by atoms with van der Waals surface area (Å²) in [6.07, 6.45) is 1.50. The number of fused-ring (bicyclic) bond motifs is 1. The number of amides is 2. The van der Waals surface area contributed by atoms with Gasteiger partial charge in [-0.3, -0.25) is 4.90 Å². The van der Waals surface area contributed by atoms with Crippen LogP contribution in [0.2, 0.25) is 0 Å². The molecule has 3 N–H and O–H groups in total. The Balaban J connectivity index is 1.26. The first-order chi connectivity index (χ1) is 22.3. The van der Waals surface area contributed by atoms with Crippen LogP contribution in [0.3, 0.4) is 0 Å². The average Bonchev–Trinajstić information content (AvgIpc) is 3.45. The maximum atomic E-state index is 14.3. The van der Waals surface area contributed by atoms with Gasteiger partial charge in [-0.05, 0) is 24.6 Å². The Hall–Kier alpha value is -5.08. The summed E-state index contributed by atoms with van der Waals surface area (Å²) in [7, 11) is 0. The highest BCUT2D eigenvalue weighted by Gasteiger charge is 2.24. The molecule has 1 saturated heterocycles. The van der Waals surface area contributed by atoms with Gasteiger partial charge in [0.05, 0.1) is 30.8 Å². The Morgan fingerprint density at radius 3 is 2.35 bits per heavy atom. The number of aromatic nitrogens is 4. The molecule has 1 aliphatic heterocycles. The van der Waals surface area contributed by atoms with Gasteiger partial charge in [-0.1, -0.05) is 42.5 Å². The number of nitrogens with zero attached hydrogens (tertiary/aromatic N) is 5. The summed E-state index contributed by atoms with van der Waals surface area (Å²) in [4.78, 5) is 24.0. The molecular formula is C32H30F4N8O2. The fourth-order valence-corrected chi connectivity index (χ4v) is 5.25. The lowest BCUT2D eigenvalue weighted by atomic mass is 10.1. The van der Waals surface area contributed by atoms with Crippen molar-refractivity contribution in [3.63, 3.8) is 0 Å². The number of urea groups is 1. The first-order valence-corrected chi connectivity index (χ1v) is 14.6. The van der Waals surface area contributed by atoms with Crippen molar-refractivity contribution in [2.24, 2.45) is 0 Å².